The second kappa shape index (κ2) is 4.73. The minimum absolute atomic E-state index is 0.0409. The summed E-state index contributed by atoms with van der Waals surface area (Å²) >= 11 is 6.06. The lowest BCUT2D eigenvalue weighted by Gasteiger charge is -2.32. The fourth-order valence-corrected chi connectivity index (χ4v) is 2.47. The minimum Gasteiger partial charge on any atom is -0.460 e. The van der Waals surface area contributed by atoms with Crippen LogP contribution in [0.2, 0.25) is 0 Å². The Kier molecular flexibility index (Phi) is 4.05. The van der Waals surface area contributed by atoms with E-state index >= 15 is 0 Å². The van der Waals surface area contributed by atoms with E-state index < -0.39 is 0 Å². The van der Waals surface area contributed by atoms with Gasteiger partial charge >= 0.3 is 5.97 Å². The predicted octanol–water partition coefficient (Wildman–Crippen LogP) is 3.37. The van der Waals surface area contributed by atoms with Crippen molar-refractivity contribution in [3.05, 3.63) is 0 Å². The largest absolute Gasteiger partial charge is 0.460 e. The topological polar surface area (TPSA) is 26.3 Å². The fourth-order valence-electron chi connectivity index (χ4n) is 2.06. The molecule has 1 saturated carbocycles. The highest BCUT2D eigenvalue weighted by atomic mass is 35.5. The Bertz CT molecular complexity index is 232. The van der Waals surface area contributed by atoms with Gasteiger partial charge in [0.2, 0.25) is 0 Å². The van der Waals surface area contributed by atoms with Crippen molar-refractivity contribution >= 4 is 17.6 Å². The number of alkyl halides is 1. The molecule has 0 unspecified atom stereocenters. The highest BCUT2D eigenvalue weighted by molar-refractivity contribution is 6.20. The molecule has 2 nitrogen and oxygen atoms in total. The molecule has 0 bridgehead atoms. The van der Waals surface area contributed by atoms with E-state index in [0.29, 0.717) is 5.92 Å². The van der Waals surface area contributed by atoms with Crippen LogP contribution in [0.3, 0.4) is 0 Å². The van der Waals surface area contributed by atoms with Gasteiger partial charge in [0.25, 0.3) is 0 Å². The Balaban J connectivity index is 2.53. The average Bonchev–Trinajstić information content (AvgIpc) is 1.99. The van der Waals surface area contributed by atoms with Crippen LogP contribution in [0.4, 0.5) is 0 Å². The number of hydrogen-bond donors (Lipinski definition) is 0. The first kappa shape index (κ1) is 12.8. The summed E-state index contributed by atoms with van der Waals surface area (Å²) in [5.74, 6) is 0.328. The summed E-state index contributed by atoms with van der Waals surface area (Å²) in [6.07, 6.45) is 2.71. The summed E-state index contributed by atoms with van der Waals surface area (Å²) < 4.78 is 5.40. The summed E-state index contributed by atoms with van der Waals surface area (Å²) in [5, 5.41) is 0.235. The monoisotopic (exact) mass is 232 g/mol. The van der Waals surface area contributed by atoms with Crippen molar-refractivity contribution in [1.29, 1.82) is 0 Å². The molecule has 0 aromatic rings. The lowest BCUT2D eigenvalue weighted by Crippen LogP contribution is -2.35. The molecule has 3 heteroatoms. The molecular formula is C12H21ClO2. The van der Waals surface area contributed by atoms with Crippen molar-refractivity contribution in [3.8, 4) is 0 Å². The molecule has 0 spiro atoms. The Morgan fingerprint density at radius 1 is 1.33 bits per heavy atom. The SMILES string of the molecule is C[C@H]1C[C@H](Cl)CC[C@@H]1C(=O)OC(C)(C)C. The van der Waals surface area contributed by atoms with Crippen LogP contribution in [0.1, 0.15) is 47.0 Å². The first-order valence-corrected chi connectivity index (χ1v) is 6.10. The van der Waals surface area contributed by atoms with Crippen molar-refractivity contribution in [2.24, 2.45) is 11.8 Å². The molecule has 1 aliphatic carbocycles. The van der Waals surface area contributed by atoms with Crippen molar-refractivity contribution in [3.63, 3.8) is 0 Å². The number of carbonyl (C=O) groups is 1. The standard InChI is InChI=1S/C12H21ClO2/c1-8-7-9(13)5-6-10(8)11(14)15-12(2,3)4/h8-10H,5-7H2,1-4H3/t8-,9+,10-/m0/s1. The van der Waals surface area contributed by atoms with Gasteiger partial charge in [-0.3, -0.25) is 4.79 Å². The Morgan fingerprint density at radius 2 is 1.93 bits per heavy atom. The highest BCUT2D eigenvalue weighted by Crippen LogP contribution is 2.34. The second-order valence-corrected chi connectivity index (χ2v) is 6.14. The smallest absolute Gasteiger partial charge is 0.309 e. The van der Waals surface area contributed by atoms with E-state index in [4.69, 9.17) is 16.3 Å². The maximum atomic E-state index is 11.9. The third kappa shape index (κ3) is 4.02. The molecule has 1 fully saturated rings. The Hall–Kier alpha value is -0.240. The van der Waals surface area contributed by atoms with Crippen molar-refractivity contribution < 1.29 is 9.53 Å². The number of ether oxygens (including phenoxy) is 1. The molecule has 0 amide bonds. The van der Waals surface area contributed by atoms with Crippen LogP contribution in [0.5, 0.6) is 0 Å². The molecular weight excluding hydrogens is 212 g/mol. The summed E-state index contributed by atoms with van der Waals surface area (Å²) in [6.45, 7) is 7.80. The van der Waals surface area contributed by atoms with Crippen LogP contribution in [-0.2, 0) is 9.53 Å². The third-order valence-electron chi connectivity index (χ3n) is 2.81. The molecule has 0 aromatic carbocycles. The van der Waals surface area contributed by atoms with Crippen LogP contribution in [0.15, 0.2) is 0 Å². The fraction of sp³-hybridized carbons (Fsp3) is 0.917. The maximum absolute atomic E-state index is 11.9. The summed E-state index contributed by atoms with van der Waals surface area (Å²) in [7, 11) is 0. The number of rotatable bonds is 1. The van der Waals surface area contributed by atoms with Gasteiger partial charge in [0.15, 0.2) is 0 Å². The summed E-state index contributed by atoms with van der Waals surface area (Å²) in [4.78, 5) is 11.9. The Morgan fingerprint density at radius 3 is 2.40 bits per heavy atom. The molecule has 1 aliphatic rings. The number of esters is 1. The van der Waals surface area contributed by atoms with E-state index in [1.807, 2.05) is 20.8 Å². The lowest BCUT2D eigenvalue weighted by molar-refractivity contribution is -0.162. The number of halogens is 1. The van der Waals surface area contributed by atoms with E-state index in [1.165, 1.54) is 0 Å². The van der Waals surface area contributed by atoms with Gasteiger partial charge in [-0.1, -0.05) is 6.92 Å². The zero-order valence-corrected chi connectivity index (χ0v) is 10.8. The lowest BCUT2D eigenvalue weighted by atomic mass is 9.80. The van der Waals surface area contributed by atoms with Gasteiger partial charge in [-0.2, -0.15) is 0 Å². The normalized spacial score (nSPS) is 32.5. The van der Waals surface area contributed by atoms with E-state index in [2.05, 4.69) is 6.92 Å². The van der Waals surface area contributed by atoms with Crippen molar-refractivity contribution in [2.75, 3.05) is 0 Å². The first-order chi connectivity index (χ1) is 6.79. The minimum atomic E-state index is -0.380. The zero-order valence-electron chi connectivity index (χ0n) is 10.0. The van der Waals surface area contributed by atoms with E-state index in [9.17, 15) is 4.79 Å². The van der Waals surface area contributed by atoms with Crippen LogP contribution in [-0.4, -0.2) is 16.9 Å². The highest BCUT2D eigenvalue weighted by Gasteiger charge is 2.34. The van der Waals surface area contributed by atoms with Crippen LogP contribution in [0.25, 0.3) is 0 Å². The molecule has 0 saturated heterocycles. The molecule has 3 atom stereocenters. The van der Waals surface area contributed by atoms with Gasteiger partial charge in [0, 0.05) is 5.38 Å². The molecule has 15 heavy (non-hydrogen) atoms. The molecule has 0 radical (unpaired) electrons. The molecule has 0 aromatic heterocycles. The molecule has 1 rings (SSSR count). The maximum Gasteiger partial charge on any atom is 0.309 e. The van der Waals surface area contributed by atoms with Gasteiger partial charge in [0.05, 0.1) is 5.92 Å². The van der Waals surface area contributed by atoms with Gasteiger partial charge in [0.1, 0.15) is 5.60 Å². The van der Waals surface area contributed by atoms with Crippen LogP contribution in [0, 0.1) is 11.8 Å². The van der Waals surface area contributed by atoms with Gasteiger partial charge < -0.3 is 4.74 Å². The van der Waals surface area contributed by atoms with Gasteiger partial charge in [-0.15, -0.1) is 11.6 Å². The Labute approximate surface area is 97.3 Å². The summed E-state index contributed by atoms with van der Waals surface area (Å²) in [6, 6.07) is 0. The molecule has 88 valence electrons. The third-order valence-corrected chi connectivity index (χ3v) is 3.21. The van der Waals surface area contributed by atoms with Gasteiger partial charge in [-0.05, 0) is 46.0 Å². The average molecular weight is 233 g/mol. The van der Waals surface area contributed by atoms with Crippen LogP contribution < -0.4 is 0 Å². The second-order valence-electron chi connectivity index (χ2n) is 5.53. The number of hydrogen-bond acceptors (Lipinski definition) is 2. The zero-order chi connectivity index (χ0) is 11.6. The quantitative estimate of drug-likeness (QED) is 0.512. The van der Waals surface area contributed by atoms with E-state index in [0.717, 1.165) is 19.3 Å². The molecule has 0 heterocycles. The molecule has 0 aliphatic heterocycles. The van der Waals surface area contributed by atoms with E-state index in [1.54, 1.807) is 0 Å². The number of carbonyl (C=O) groups excluding carboxylic acids is 1. The first-order valence-electron chi connectivity index (χ1n) is 5.66. The van der Waals surface area contributed by atoms with Crippen molar-refractivity contribution in [1.82, 2.24) is 0 Å². The van der Waals surface area contributed by atoms with E-state index in [-0.39, 0.29) is 22.9 Å². The summed E-state index contributed by atoms with van der Waals surface area (Å²) in [5.41, 5.74) is -0.380. The van der Waals surface area contributed by atoms with Crippen LogP contribution >= 0.6 is 11.6 Å². The molecule has 0 N–H and O–H groups in total. The predicted molar refractivity (Wildman–Crippen MR) is 62.0 cm³/mol. The van der Waals surface area contributed by atoms with Gasteiger partial charge in [-0.25, -0.2) is 0 Å². The van der Waals surface area contributed by atoms with Crippen molar-refractivity contribution in [2.45, 2.75) is 57.9 Å².